The second-order valence-electron chi connectivity index (χ2n) is 4.68. The summed E-state index contributed by atoms with van der Waals surface area (Å²) in [5, 5.41) is 12.6. The van der Waals surface area contributed by atoms with Gasteiger partial charge in [-0.3, -0.25) is 0 Å². The molecule has 0 aliphatic heterocycles. The molecule has 0 bridgehead atoms. The molecule has 4 heteroatoms. The average Bonchev–Trinajstić information content (AvgIpc) is 2.34. The van der Waals surface area contributed by atoms with Crippen molar-refractivity contribution in [2.24, 2.45) is 0 Å². The zero-order valence-corrected chi connectivity index (χ0v) is 11.5. The van der Waals surface area contributed by atoms with E-state index in [0.29, 0.717) is 5.75 Å². The van der Waals surface area contributed by atoms with Crippen LogP contribution in [0.4, 0.5) is 0 Å². The predicted molar refractivity (Wildman–Crippen MR) is 73.9 cm³/mol. The van der Waals surface area contributed by atoms with E-state index in [1.165, 1.54) is 5.56 Å². The number of rotatable bonds is 8. The number of aromatic hydroxyl groups is 1. The van der Waals surface area contributed by atoms with Crippen LogP contribution in [0.3, 0.4) is 0 Å². The fourth-order valence-electron chi connectivity index (χ4n) is 1.58. The number of phenolic OH excluding ortho intramolecular Hbond substituents is 1. The molecule has 18 heavy (non-hydrogen) atoms. The largest absolute Gasteiger partial charge is 0.508 e. The van der Waals surface area contributed by atoms with Crippen molar-refractivity contribution in [3.63, 3.8) is 0 Å². The highest BCUT2D eigenvalue weighted by atomic mass is 16.5. The molecule has 0 radical (unpaired) electrons. The summed E-state index contributed by atoms with van der Waals surface area (Å²) in [4.78, 5) is 2.10. The van der Waals surface area contributed by atoms with Gasteiger partial charge in [0.15, 0.2) is 0 Å². The third-order valence-corrected chi connectivity index (χ3v) is 2.77. The molecular formula is C14H24N2O2. The van der Waals surface area contributed by atoms with Gasteiger partial charge in [-0.25, -0.2) is 0 Å². The topological polar surface area (TPSA) is 44.7 Å². The summed E-state index contributed by atoms with van der Waals surface area (Å²) < 4.78 is 5.51. The summed E-state index contributed by atoms with van der Waals surface area (Å²) in [6, 6.07) is 7.55. The number of nitrogens with zero attached hydrogens (tertiary/aromatic N) is 1. The maximum atomic E-state index is 9.21. The van der Waals surface area contributed by atoms with Gasteiger partial charge in [0.2, 0.25) is 0 Å². The number of phenols is 1. The van der Waals surface area contributed by atoms with Crippen LogP contribution in [0.2, 0.25) is 0 Å². The smallest absolute Gasteiger partial charge is 0.115 e. The Labute approximate surface area is 110 Å². The molecule has 0 aliphatic carbocycles. The van der Waals surface area contributed by atoms with Crippen LogP contribution in [0.1, 0.15) is 18.5 Å². The van der Waals surface area contributed by atoms with E-state index in [9.17, 15) is 5.11 Å². The number of hydrogen-bond acceptors (Lipinski definition) is 4. The first kappa shape index (κ1) is 15.0. The van der Waals surface area contributed by atoms with Gasteiger partial charge in [-0.05, 0) is 38.7 Å². The van der Waals surface area contributed by atoms with Crippen LogP contribution in [0, 0.1) is 0 Å². The molecule has 2 N–H and O–H groups in total. The zero-order chi connectivity index (χ0) is 13.4. The first-order valence-corrected chi connectivity index (χ1v) is 6.34. The zero-order valence-electron chi connectivity index (χ0n) is 11.5. The molecule has 1 aromatic rings. The van der Waals surface area contributed by atoms with E-state index >= 15 is 0 Å². The molecule has 0 heterocycles. The monoisotopic (exact) mass is 252 g/mol. The van der Waals surface area contributed by atoms with Gasteiger partial charge in [-0.2, -0.15) is 0 Å². The van der Waals surface area contributed by atoms with Crippen LogP contribution in [-0.2, 0) is 4.74 Å². The maximum absolute atomic E-state index is 9.21. The highest BCUT2D eigenvalue weighted by Gasteiger charge is 2.03. The Morgan fingerprint density at radius 2 is 1.89 bits per heavy atom. The molecule has 0 aliphatic rings. The molecule has 102 valence electrons. The summed E-state index contributed by atoms with van der Waals surface area (Å²) in [7, 11) is 4.07. The first-order chi connectivity index (χ1) is 8.59. The highest BCUT2D eigenvalue weighted by molar-refractivity contribution is 5.27. The van der Waals surface area contributed by atoms with Gasteiger partial charge >= 0.3 is 0 Å². The number of likely N-dealkylation sites (N-methyl/N-ethyl adjacent to an activating group) is 1. The average molecular weight is 252 g/mol. The molecule has 0 fully saturated rings. The van der Waals surface area contributed by atoms with Crippen LogP contribution in [-0.4, -0.2) is 50.4 Å². The van der Waals surface area contributed by atoms with E-state index in [4.69, 9.17) is 4.74 Å². The molecule has 1 rings (SSSR count). The minimum Gasteiger partial charge on any atom is -0.508 e. The van der Waals surface area contributed by atoms with Crippen molar-refractivity contribution in [3.8, 4) is 5.75 Å². The molecule has 0 saturated heterocycles. The number of ether oxygens (including phenoxy) is 1. The number of benzene rings is 1. The maximum Gasteiger partial charge on any atom is 0.115 e. The van der Waals surface area contributed by atoms with Crippen molar-refractivity contribution < 1.29 is 9.84 Å². The predicted octanol–water partition coefficient (Wildman–Crippen LogP) is 1.62. The van der Waals surface area contributed by atoms with Crippen molar-refractivity contribution >= 4 is 0 Å². The van der Waals surface area contributed by atoms with Gasteiger partial charge in [-0.1, -0.05) is 12.1 Å². The molecule has 0 saturated carbocycles. The van der Waals surface area contributed by atoms with Crippen molar-refractivity contribution in [1.29, 1.82) is 0 Å². The lowest BCUT2D eigenvalue weighted by atomic mass is 10.1. The lowest BCUT2D eigenvalue weighted by molar-refractivity contribution is 0.118. The Bertz CT molecular complexity index is 325. The van der Waals surface area contributed by atoms with Gasteiger partial charge in [0, 0.05) is 19.1 Å². The SMILES string of the molecule is CC(NCCOCCN(C)C)c1ccc(O)cc1. The highest BCUT2D eigenvalue weighted by Crippen LogP contribution is 2.15. The van der Waals surface area contributed by atoms with Gasteiger partial charge < -0.3 is 20.1 Å². The first-order valence-electron chi connectivity index (χ1n) is 6.34. The Hall–Kier alpha value is -1.10. The van der Waals surface area contributed by atoms with Crippen molar-refractivity contribution in [2.45, 2.75) is 13.0 Å². The van der Waals surface area contributed by atoms with Gasteiger partial charge in [0.25, 0.3) is 0 Å². The lowest BCUT2D eigenvalue weighted by Gasteiger charge is -2.15. The minimum absolute atomic E-state index is 0.267. The summed E-state index contributed by atoms with van der Waals surface area (Å²) >= 11 is 0. The Balaban J connectivity index is 2.13. The molecular weight excluding hydrogens is 228 g/mol. The molecule has 0 amide bonds. The van der Waals surface area contributed by atoms with E-state index in [1.807, 2.05) is 26.2 Å². The Kier molecular flexibility index (Phi) is 6.72. The van der Waals surface area contributed by atoms with E-state index in [-0.39, 0.29) is 6.04 Å². The normalized spacial score (nSPS) is 12.9. The quantitative estimate of drug-likeness (QED) is 0.690. The Morgan fingerprint density at radius 1 is 1.22 bits per heavy atom. The van der Waals surface area contributed by atoms with E-state index in [0.717, 1.165) is 26.3 Å². The third kappa shape index (κ3) is 6.00. The van der Waals surface area contributed by atoms with Crippen LogP contribution >= 0.6 is 0 Å². The minimum atomic E-state index is 0.267. The summed E-state index contributed by atoms with van der Waals surface area (Å²) in [5.74, 6) is 0.304. The van der Waals surface area contributed by atoms with Gasteiger partial charge in [0.1, 0.15) is 5.75 Å². The van der Waals surface area contributed by atoms with Crippen molar-refractivity contribution in [3.05, 3.63) is 29.8 Å². The summed E-state index contributed by atoms with van der Waals surface area (Å²) in [6.07, 6.45) is 0. The molecule has 1 aromatic carbocycles. The number of hydrogen-bond donors (Lipinski definition) is 2. The molecule has 1 atom stereocenters. The van der Waals surface area contributed by atoms with Gasteiger partial charge in [0.05, 0.1) is 13.2 Å². The second-order valence-corrected chi connectivity index (χ2v) is 4.68. The molecule has 1 unspecified atom stereocenters. The van der Waals surface area contributed by atoms with Crippen molar-refractivity contribution in [2.75, 3.05) is 40.4 Å². The molecule has 0 spiro atoms. The van der Waals surface area contributed by atoms with Crippen LogP contribution in [0.25, 0.3) is 0 Å². The van der Waals surface area contributed by atoms with E-state index in [1.54, 1.807) is 12.1 Å². The molecule has 0 aromatic heterocycles. The van der Waals surface area contributed by atoms with E-state index < -0.39 is 0 Å². The second kappa shape index (κ2) is 8.08. The summed E-state index contributed by atoms with van der Waals surface area (Å²) in [5.41, 5.74) is 1.17. The fourth-order valence-corrected chi connectivity index (χ4v) is 1.58. The van der Waals surface area contributed by atoms with Crippen LogP contribution < -0.4 is 5.32 Å². The number of nitrogens with one attached hydrogen (secondary N) is 1. The van der Waals surface area contributed by atoms with Crippen LogP contribution in [0.15, 0.2) is 24.3 Å². The Morgan fingerprint density at radius 3 is 2.50 bits per heavy atom. The lowest BCUT2D eigenvalue weighted by Crippen LogP contribution is -2.25. The third-order valence-electron chi connectivity index (χ3n) is 2.77. The fraction of sp³-hybridized carbons (Fsp3) is 0.571. The summed E-state index contributed by atoms with van der Waals surface area (Å²) in [6.45, 7) is 5.37. The van der Waals surface area contributed by atoms with Crippen molar-refractivity contribution in [1.82, 2.24) is 10.2 Å². The standard InChI is InChI=1S/C14H24N2O2/c1-12(13-4-6-14(17)7-5-13)15-8-10-18-11-9-16(2)3/h4-7,12,15,17H,8-11H2,1-3H3. The van der Waals surface area contributed by atoms with Gasteiger partial charge in [-0.15, -0.1) is 0 Å². The van der Waals surface area contributed by atoms with E-state index in [2.05, 4.69) is 17.1 Å². The molecule has 4 nitrogen and oxygen atoms in total. The van der Waals surface area contributed by atoms with Crippen LogP contribution in [0.5, 0.6) is 5.75 Å².